The third kappa shape index (κ3) is 80.0. The number of carbonyl (C=O) groups is 1. The number of nitrogens with one attached hydrogen (secondary N) is 2. The number of amides is 2. The molecule has 628 valence electrons. The Kier molecular flexibility index (Phi) is 85.2. The molecule has 0 fully saturated rings. The van der Waals surface area contributed by atoms with E-state index in [1.54, 1.807) is 0 Å². The third-order valence-corrected chi connectivity index (χ3v) is 22.2. The average molecular weight is 1490 g/mol. The summed E-state index contributed by atoms with van der Waals surface area (Å²) in [6.07, 6.45) is 96.1. The minimum Gasteiger partial charge on any atom is -0.390 e. The molecular weight excluding hydrogens is 1300 g/mol. The van der Waals surface area contributed by atoms with Crippen molar-refractivity contribution in [1.82, 2.24) is 30.2 Å². The predicted molar refractivity (Wildman–Crippen MR) is 472 cm³/mol. The Labute approximate surface area is 663 Å². The van der Waals surface area contributed by atoms with Crippen LogP contribution in [0.1, 0.15) is 427 Å². The van der Waals surface area contributed by atoms with Crippen LogP contribution in [-0.4, -0.2) is 153 Å². The molecular formula is C95H190N8O3. The zero-order valence-corrected chi connectivity index (χ0v) is 72.4. The Balaban J connectivity index is 5.50. The summed E-state index contributed by atoms with van der Waals surface area (Å²) in [6.45, 7) is 27.1. The number of hydrogen-bond acceptors (Lipinski definition) is 9. The third-order valence-electron chi connectivity index (χ3n) is 22.2. The van der Waals surface area contributed by atoms with Crippen molar-refractivity contribution >= 4 is 6.03 Å². The van der Waals surface area contributed by atoms with Gasteiger partial charge < -0.3 is 51.9 Å². The van der Waals surface area contributed by atoms with Gasteiger partial charge in [0, 0.05) is 39.3 Å². The molecule has 0 aromatic rings. The van der Waals surface area contributed by atoms with Crippen molar-refractivity contribution in [2.45, 2.75) is 439 Å². The summed E-state index contributed by atoms with van der Waals surface area (Å²) in [6, 6.07) is -0.320. The molecule has 0 bridgehead atoms. The molecule has 0 heterocycles. The van der Waals surface area contributed by atoms with Gasteiger partial charge in [0.15, 0.2) is 0 Å². The highest BCUT2D eigenvalue weighted by Crippen LogP contribution is 2.18. The van der Waals surface area contributed by atoms with Gasteiger partial charge in [0.1, 0.15) is 0 Å². The highest BCUT2D eigenvalue weighted by molar-refractivity contribution is 5.73. The number of urea groups is 1. The Morgan fingerprint density at radius 3 is 0.613 bits per heavy atom. The van der Waals surface area contributed by atoms with Gasteiger partial charge in [0.2, 0.25) is 0 Å². The Morgan fingerprint density at radius 2 is 0.425 bits per heavy atom. The number of hydrogen-bond donors (Lipinski definition) is 6. The molecule has 0 saturated heterocycles. The molecule has 11 heteroatoms. The van der Waals surface area contributed by atoms with Crippen LogP contribution in [0, 0.1) is 11.8 Å². The number of unbranched alkanes of at least 4 members (excludes halogenated alkanes) is 50. The van der Waals surface area contributed by atoms with Gasteiger partial charge in [-0.25, -0.2) is 4.79 Å². The molecule has 0 aliphatic rings. The molecule has 0 aliphatic heterocycles. The summed E-state index contributed by atoms with van der Waals surface area (Å²) in [5.74, 6) is 0.976. The molecule has 8 N–H and O–H groups in total. The van der Waals surface area contributed by atoms with Crippen molar-refractivity contribution in [3.05, 3.63) is 48.6 Å². The lowest BCUT2D eigenvalue weighted by molar-refractivity contribution is 0.104. The average Bonchev–Trinajstić information content (AvgIpc) is 1.07. The molecule has 106 heavy (non-hydrogen) atoms. The quantitative estimate of drug-likeness (QED) is 0.0259. The lowest BCUT2D eigenvalue weighted by Crippen LogP contribution is -2.47. The van der Waals surface area contributed by atoms with Gasteiger partial charge in [-0.3, -0.25) is 0 Å². The minimum atomic E-state index is -0.675. The maximum absolute atomic E-state index is 13.4. The van der Waals surface area contributed by atoms with Gasteiger partial charge in [-0.1, -0.05) is 321 Å². The van der Waals surface area contributed by atoms with E-state index in [1.165, 1.54) is 347 Å². The summed E-state index contributed by atoms with van der Waals surface area (Å²) >= 11 is 0. The molecule has 0 aliphatic carbocycles. The summed E-state index contributed by atoms with van der Waals surface area (Å²) in [7, 11) is 0. The maximum Gasteiger partial charge on any atom is 0.314 e. The van der Waals surface area contributed by atoms with E-state index in [0.29, 0.717) is 24.9 Å². The van der Waals surface area contributed by atoms with E-state index in [4.69, 9.17) is 11.5 Å². The predicted octanol–water partition coefficient (Wildman–Crippen LogP) is 25.1. The van der Waals surface area contributed by atoms with E-state index in [2.05, 4.69) is 120 Å². The highest BCUT2D eigenvalue weighted by Gasteiger charge is 2.18. The number of aliphatic hydroxyl groups is 2. The fourth-order valence-corrected chi connectivity index (χ4v) is 15.1. The fourth-order valence-electron chi connectivity index (χ4n) is 15.1. The minimum absolute atomic E-state index is 0.188. The van der Waals surface area contributed by atoms with E-state index in [9.17, 15) is 15.0 Å². The Bertz CT molecular complexity index is 1710. The Morgan fingerprint density at radius 1 is 0.264 bits per heavy atom. The number of nitrogens with two attached hydrogens (primary N) is 2. The fraction of sp³-hybridized carbons (Fsp3) is 0.905. The van der Waals surface area contributed by atoms with E-state index < -0.39 is 12.2 Å². The van der Waals surface area contributed by atoms with Crippen LogP contribution in [0.3, 0.4) is 0 Å². The van der Waals surface area contributed by atoms with Crippen LogP contribution in [0.15, 0.2) is 48.6 Å². The molecule has 0 saturated carbocycles. The number of rotatable bonds is 88. The van der Waals surface area contributed by atoms with Crippen molar-refractivity contribution in [3.8, 4) is 0 Å². The van der Waals surface area contributed by atoms with Crippen molar-refractivity contribution in [1.29, 1.82) is 0 Å². The van der Waals surface area contributed by atoms with Crippen LogP contribution < -0.4 is 22.1 Å². The monoisotopic (exact) mass is 1490 g/mol. The summed E-state index contributed by atoms with van der Waals surface area (Å²) < 4.78 is 0. The van der Waals surface area contributed by atoms with Gasteiger partial charge in [0.25, 0.3) is 0 Å². The van der Waals surface area contributed by atoms with Crippen LogP contribution in [-0.2, 0) is 0 Å². The first-order valence-electron chi connectivity index (χ1n) is 47.4. The van der Waals surface area contributed by atoms with Gasteiger partial charge in [-0.05, 0) is 231 Å². The van der Waals surface area contributed by atoms with Crippen LogP contribution in [0.5, 0.6) is 0 Å². The van der Waals surface area contributed by atoms with Crippen LogP contribution in [0.4, 0.5) is 4.79 Å². The van der Waals surface area contributed by atoms with Gasteiger partial charge in [-0.15, -0.1) is 0 Å². The van der Waals surface area contributed by atoms with Crippen LogP contribution >= 0.6 is 0 Å². The topological polar surface area (TPSA) is 147 Å². The second-order valence-electron chi connectivity index (χ2n) is 33.4. The molecule has 4 unspecified atom stereocenters. The zero-order valence-electron chi connectivity index (χ0n) is 72.4. The molecule has 11 nitrogen and oxygen atoms in total. The normalized spacial score (nSPS) is 13.5. The first-order chi connectivity index (χ1) is 52.1. The van der Waals surface area contributed by atoms with E-state index >= 15 is 0 Å². The lowest BCUT2D eigenvalue weighted by atomic mass is 10.1. The number of nitrogens with zero attached hydrogens (tertiary/aromatic N) is 4. The van der Waals surface area contributed by atoms with Crippen molar-refractivity contribution in [3.63, 3.8) is 0 Å². The first-order valence-corrected chi connectivity index (χ1v) is 47.4. The van der Waals surface area contributed by atoms with Crippen molar-refractivity contribution in [2.24, 2.45) is 23.3 Å². The highest BCUT2D eigenvalue weighted by atomic mass is 16.3. The standard InChI is InChI=1S/C95H190N8O3/c1-7-11-15-19-23-27-31-35-39-43-47-51-55-59-63-67-75-100(87-91(5)83-96)79-71-73-81-102(77-69-65-61-57-53-49-45-41-37-33-29-25-21-17-13-9-3)89-93(104)85-98-95(106)99-86-94(105)90-103(78-70-66-62-58-54-50-46-42-38-34-30-26-22-18-14-10-4)82-74-72-80-101(88-92(6)84-97)76-68-64-60-56-52-48-44-40-36-32-28-24-20-16-12-8-2/h35-42,91-94,104-105H,7-34,43-90,96-97H2,1-6H3,(H2,98,99,106)/b39-35-,40-36?,41-37-,42-38?. The number of carbonyl (C=O) groups excluding carboxylic acids is 1. The summed E-state index contributed by atoms with van der Waals surface area (Å²) in [5, 5.41) is 29.0. The largest absolute Gasteiger partial charge is 0.390 e. The van der Waals surface area contributed by atoms with Crippen molar-refractivity contribution in [2.75, 3.05) is 105 Å². The smallest absolute Gasteiger partial charge is 0.314 e. The lowest BCUT2D eigenvalue weighted by Gasteiger charge is -2.28. The molecule has 0 spiro atoms. The van der Waals surface area contributed by atoms with Gasteiger partial charge >= 0.3 is 6.03 Å². The zero-order chi connectivity index (χ0) is 77.0. The van der Waals surface area contributed by atoms with Crippen LogP contribution in [0.25, 0.3) is 0 Å². The second kappa shape index (κ2) is 86.9. The SMILES string of the molecule is CCCCCCCCC=CCCCCCCCCN(CCCCN(CCCCCCCCC=CCCCCCCCC)CC(O)CNC(=O)NCC(O)CN(CCCCCCCC/C=C\CCCCCCCC)CCCCN(CCCCCCCC/C=C\CCCCCCCC)CC(C)CN)CC(C)CN. The maximum atomic E-state index is 13.4. The molecule has 0 aromatic carbocycles. The van der Waals surface area contributed by atoms with Crippen molar-refractivity contribution < 1.29 is 15.0 Å². The molecule has 0 rings (SSSR count). The molecule has 4 atom stereocenters. The molecule has 2 amide bonds. The van der Waals surface area contributed by atoms with E-state index in [0.717, 1.165) is 117 Å². The molecule has 0 radical (unpaired) electrons. The van der Waals surface area contributed by atoms with E-state index in [1.807, 2.05) is 0 Å². The van der Waals surface area contributed by atoms with Gasteiger partial charge in [-0.2, -0.15) is 0 Å². The second-order valence-corrected chi connectivity index (χ2v) is 33.4. The van der Waals surface area contributed by atoms with Gasteiger partial charge in [0.05, 0.1) is 12.2 Å². The summed E-state index contributed by atoms with van der Waals surface area (Å²) in [4.78, 5) is 23.7. The summed E-state index contributed by atoms with van der Waals surface area (Å²) in [5.41, 5.74) is 12.4. The van der Waals surface area contributed by atoms with Crippen LogP contribution in [0.2, 0.25) is 0 Å². The van der Waals surface area contributed by atoms with E-state index in [-0.39, 0.29) is 19.1 Å². The number of allylic oxidation sites excluding steroid dienone is 8. The Hall–Kier alpha value is -2.09. The molecule has 0 aromatic heterocycles. The first kappa shape index (κ1) is 104. The number of aliphatic hydroxyl groups excluding tert-OH is 2.